The van der Waals surface area contributed by atoms with E-state index in [1.165, 1.54) is 6.42 Å². The number of carbonyl (C=O) groups is 1. The van der Waals surface area contributed by atoms with E-state index >= 15 is 0 Å². The van der Waals surface area contributed by atoms with E-state index in [0.717, 1.165) is 28.1 Å². The molecule has 0 fully saturated rings. The van der Waals surface area contributed by atoms with Gasteiger partial charge in [0.1, 0.15) is 0 Å². The molecule has 2 heteroatoms. The van der Waals surface area contributed by atoms with Gasteiger partial charge in [-0.05, 0) is 25.0 Å². The topological polar surface area (TPSA) is 17.1 Å². The van der Waals surface area contributed by atoms with Gasteiger partial charge in [-0.2, -0.15) is 0 Å². The molecule has 0 N–H and O–H groups in total. The second kappa shape index (κ2) is 5.96. The lowest BCUT2D eigenvalue weighted by atomic mass is 10.1. The third kappa shape index (κ3) is 3.71. The first-order chi connectivity index (χ1) is 7.17. The number of carbonyl (C=O) groups excluding carboxylic acids is 1. The molecule has 1 unspecified atom stereocenters. The number of hydrogen-bond acceptors (Lipinski definition) is 2. The molecular weight excluding hydrogens is 204 g/mol. The fourth-order valence-electron chi connectivity index (χ4n) is 1.24. The summed E-state index contributed by atoms with van der Waals surface area (Å²) < 4.78 is 0. The van der Waals surface area contributed by atoms with Crippen molar-refractivity contribution in [3.05, 3.63) is 29.3 Å². The van der Waals surface area contributed by atoms with E-state index in [9.17, 15) is 4.79 Å². The molecule has 0 aromatic heterocycles. The number of rotatable bonds is 5. The molecule has 82 valence electrons. The molecule has 1 aromatic carbocycles. The van der Waals surface area contributed by atoms with Crippen molar-refractivity contribution < 1.29 is 4.79 Å². The Balaban J connectivity index is 2.72. The first-order valence-corrected chi connectivity index (χ1v) is 6.34. The predicted molar refractivity (Wildman–Crippen MR) is 66.7 cm³/mol. The minimum atomic E-state index is 0.704. The average Bonchev–Trinajstić information content (AvgIpc) is 2.26. The Morgan fingerprint density at radius 2 is 2.20 bits per heavy atom. The van der Waals surface area contributed by atoms with Crippen molar-refractivity contribution in [2.45, 2.75) is 32.1 Å². The fourth-order valence-corrected chi connectivity index (χ4v) is 2.38. The molecule has 0 spiro atoms. The molecular formula is C13H18OS. The summed E-state index contributed by atoms with van der Waals surface area (Å²) in [5, 5.41) is 0. The molecule has 0 aliphatic rings. The Hall–Kier alpha value is -0.760. The fraction of sp³-hybridized carbons (Fsp3) is 0.462. The smallest absolute Gasteiger partial charge is 0.151 e. The van der Waals surface area contributed by atoms with Crippen LogP contribution in [0.5, 0.6) is 0 Å². The highest BCUT2D eigenvalue weighted by Crippen LogP contribution is 2.25. The molecule has 0 saturated heterocycles. The Morgan fingerprint density at radius 1 is 1.47 bits per heavy atom. The first-order valence-electron chi connectivity index (χ1n) is 5.36. The van der Waals surface area contributed by atoms with Crippen LogP contribution in [-0.4, -0.2) is 12.0 Å². The molecule has 0 saturated carbocycles. The van der Waals surface area contributed by atoms with E-state index in [0.29, 0.717) is 5.92 Å². The average molecular weight is 222 g/mol. The van der Waals surface area contributed by atoms with Gasteiger partial charge in [-0.3, -0.25) is 4.79 Å². The summed E-state index contributed by atoms with van der Waals surface area (Å²) in [6.45, 7) is 6.44. The number of aldehydes is 1. The summed E-state index contributed by atoms with van der Waals surface area (Å²) in [5.41, 5.74) is 1.97. The third-order valence-corrected chi connectivity index (χ3v) is 3.93. The van der Waals surface area contributed by atoms with E-state index in [2.05, 4.69) is 19.9 Å². The normalized spacial score (nSPS) is 12.5. The van der Waals surface area contributed by atoms with Crippen LogP contribution in [-0.2, 0) is 0 Å². The lowest BCUT2D eigenvalue weighted by molar-refractivity contribution is 0.112. The zero-order valence-electron chi connectivity index (χ0n) is 9.62. The van der Waals surface area contributed by atoms with Gasteiger partial charge in [0.15, 0.2) is 6.29 Å². The van der Waals surface area contributed by atoms with E-state index in [-0.39, 0.29) is 0 Å². The molecule has 0 aliphatic carbocycles. The monoisotopic (exact) mass is 222 g/mol. The van der Waals surface area contributed by atoms with Gasteiger partial charge in [0.25, 0.3) is 0 Å². The van der Waals surface area contributed by atoms with Crippen LogP contribution >= 0.6 is 11.8 Å². The van der Waals surface area contributed by atoms with Crippen LogP contribution in [0.4, 0.5) is 0 Å². The maximum absolute atomic E-state index is 10.9. The van der Waals surface area contributed by atoms with Crippen LogP contribution < -0.4 is 0 Å². The maximum Gasteiger partial charge on any atom is 0.151 e. The van der Waals surface area contributed by atoms with E-state index in [4.69, 9.17) is 0 Å². The molecule has 1 aromatic rings. The highest BCUT2D eigenvalue weighted by atomic mass is 32.2. The molecule has 1 nitrogen and oxygen atoms in total. The predicted octanol–water partition coefficient (Wildman–Crippen LogP) is 3.95. The van der Waals surface area contributed by atoms with Gasteiger partial charge in [-0.1, -0.05) is 31.9 Å². The second-order valence-electron chi connectivity index (χ2n) is 3.98. The largest absolute Gasteiger partial charge is 0.298 e. The number of benzene rings is 1. The standard InChI is InChI=1S/C13H18OS/c1-4-10(2)9-15-13-6-5-11(3)7-12(13)8-14/h5-8,10H,4,9H2,1-3H3. The number of aryl methyl sites for hydroxylation is 1. The molecule has 0 radical (unpaired) electrons. The lowest BCUT2D eigenvalue weighted by Crippen LogP contribution is -1.96. The first kappa shape index (κ1) is 12.3. The Labute approximate surface area is 96.3 Å². The van der Waals surface area contributed by atoms with Crippen molar-refractivity contribution >= 4 is 18.0 Å². The molecule has 0 aliphatic heterocycles. The molecule has 1 atom stereocenters. The molecule has 15 heavy (non-hydrogen) atoms. The van der Waals surface area contributed by atoms with Crippen molar-refractivity contribution in [1.82, 2.24) is 0 Å². The van der Waals surface area contributed by atoms with E-state index < -0.39 is 0 Å². The zero-order chi connectivity index (χ0) is 11.3. The molecule has 0 bridgehead atoms. The summed E-state index contributed by atoms with van der Waals surface area (Å²) in [7, 11) is 0. The van der Waals surface area contributed by atoms with Crippen LogP contribution in [0.25, 0.3) is 0 Å². The second-order valence-corrected chi connectivity index (χ2v) is 5.05. The van der Waals surface area contributed by atoms with Crippen molar-refractivity contribution in [1.29, 1.82) is 0 Å². The van der Waals surface area contributed by atoms with Gasteiger partial charge >= 0.3 is 0 Å². The zero-order valence-corrected chi connectivity index (χ0v) is 10.4. The number of thioether (sulfide) groups is 1. The van der Waals surface area contributed by atoms with Crippen LogP contribution in [0.1, 0.15) is 36.2 Å². The van der Waals surface area contributed by atoms with Gasteiger partial charge in [-0.15, -0.1) is 11.8 Å². The summed E-state index contributed by atoms with van der Waals surface area (Å²) in [4.78, 5) is 12.0. The lowest BCUT2D eigenvalue weighted by Gasteiger charge is -2.09. The van der Waals surface area contributed by atoms with Crippen molar-refractivity contribution in [3.8, 4) is 0 Å². The van der Waals surface area contributed by atoms with Crippen LogP contribution in [0.3, 0.4) is 0 Å². The van der Waals surface area contributed by atoms with Crippen molar-refractivity contribution in [2.75, 3.05) is 5.75 Å². The Morgan fingerprint density at radius 3 is 2.80 bits per heavy atom. The van der Waals surface area contributed by atoms with Crippen LogP contribution in [0.15, 0.2) is 23.1 Å². The molecule has 0 heterocycles. The highest BCUT2D eigenvalue weighted by molar-refractivity contribution is 7.99. The van der Waals surface area contributed by atoms with E-state index in [1.54, 1.807) is 11.8 Å². The van der Waals surface area contributed by atoms with Gasteiger partial charge in [-0.25, -0.2) is 0 Å². The van der Waals surface area contributed by atoms with Gasteiger partial charge in [0, 0.05) is 16.2 Å². The third-order valence-electron chi connectivity index (χ3n) is 2.51. The Bertz CT molecular complexity index is 333. The SMILES string of the molecule is CCC(C)CSc1ccc(C)cc1C=O. The summed E-state index contributed by atoms with van der Waals surface area (Å²) >= 11 is 1.78. The summed E-state index contributed by atoms with van der Waals surface area (Å²) in [6.07, 6.45) is 2.14. The van der Waals surface area contributed by atoms with Crippen molar-refractivity contribution in [2.24, 2.45) is 5.92 Å². The van der Waals surface area contributed by atoms with E-state index in [1.807, 2.05) is 19.1 Å². The minimum Gasteiger partial charge on any atom is -0.298 e. The number of hydrogen-bond donors (Lipinski definition) is 0. The minimum absolute atomic E-state index is 0.704. The maximum atomic E-state index is 10.9. The quantitative estimate of drug-likeness (QED) is 0.554. The van der Waals surface area contributed by atoms with Gasteiger partial charge in [0.05, 0.1) is 0 Å². The summed E-state index contributed by atoms with van der Waals surface area (Å²) in [6, 6.07) is 6.06. The van der Waals surface area contributed by atoms with Crippen molar-refractivity contribution in [3.63, 3.8) is 0 Å². The Kier molecular flexibility index (Phi) is 4.89. The van der Waals surface area contributed by atoms with Gasteiger partial charge in [0.2, 0.25) is 0 Å². The van der Waals surface area contributed by atoms with Crippen LogP contribution in [0, 0.1) is 12.8 Å². The van der Waals surface area contributed by atoms with Crippen LogP contribution in [0.2, 0.25) is 0 Å². The molecule has 0 amide bonds. The molecule has 1 rings (SSSR count). The highest BCUT2D eigenvalue weighted by Gasteiger charge is 2.05. The van der Waals surface area contributed by atoms with Gasteiger partial charge < -0.3 is 0 Å². The summed E-state index contributed by atoms with van der Waals surface area (Å²) in [5.74, 6) is 1.79.